The summed E-state index contributed by atoms with van der Waals surface area (Å²) in [4.78, 5) is 27.2. The molecule has 0 aromatic carbocycles. The van der Waals surface area contributed by atoms with Crippen LogP contribution in [0.25, 0.3) is 0 Å². The summed E-state index contributed by atoms with van der Waals surface area (Å²) in [6.45, 7) is 7.13. The first kappa shape index (κ1) is 16.8. The third-order valence-corrected chi connectivity index (χ3v) is 3.99. The molecule has 0 bridgehead atoms. The molecule has 0 aromatic rings. The predicted octanol–water partition coefficient (Wildman–Crippen LogP) is 1.39. The fraction of sp³-hybridized carbons (Fsp3) is 0.857. The average Bonchev–Trinajstić information content (AvgIpc) is 2.37. The van der Waals surface area contributed by atoms with Crippen LogP contribution in [-0.2, 0) is 4.79 Å². The van der Waals surface area contributed by atoms with Gasteiger partial charge in [0.25, 0.3) is 0 Å². The molecule has 1 heterocycles. The zero-order valence-electron chi connectivity index (χ0n) is 12.6. The molecule has 0 saturated carbocycles. The highest BCUT2D eigenvalue weighted by Crippen LogP contribution is 2.35. The summed E-state index contributed by atoms with van der Waals surface area (Å²) in [6.07, 6.45) is 2.13. The number of aliphatic carboxylic acids is 1. The second-order valence-electron chi connectivity index (χ2n) is 5.97. The fourth-order valence-corrected chi connectivity index (χ4v) is 2.90. The Kier molecular flexibility index (Phi) is 5.80. The molecule has 1 unspecified atom stereocenters. The highest BCUT2D eigenvalue weighted by Gasteiger charge is 2.45. The summed E-state index contributed by atoms with van der Waals surface area (Å²) >= 11 is 0. The minimum atomic E-state index is -0.943. The Hall–Kier alpha value is -1.30. The van der Waals surface area contributed by atoms with Crippen LogP contribution in [0.4, 0.5) is 4.79 Å². The summed E-state index contributed by atoms with van der Waals surface area (Å²) in [5.74, 6) is -0.943. The average molecular weight is 286 g/mol. The summed E-state index contributed by atoms with van der Waals surface area (Å²) < 4.78 is 0. The minimum absolute atomic E-state index is 0.0254. The Labute approximate surface area is 120 Å². The minimum Gasteiger partial charge on any atom is -0.480 e. The Morgan fingerprint density at radius 3 is 2.55 bits per heavy atom. The largest absolute Gasteiger partial charge is 0.480 e. The Bertz CT molecular complexity index is 357. The number of aliphatic hydroxyl groups excluding tert-OH is 1. The number of carbonyl (C=O) groups is 2. The maximum absolute atomic E-state index is 12.5. The van der Waals surface area contributed by atoms with E-state index in [1.165, 1.54) is 4.90 Å². The third-order valence-electron chi connectivity index (χ3n) is 3.99. The van der Waals surface area contributed by atoms with Crippen LogP contribution >= 0.6 is 0 Å². The van der Waals surface area contributed by atoms with Crippen molar-refractivity contribution in [2.45, 2.75) is 46.1 Å². The lowest BCUT2D eigenvalue weighted by Crippen LogP contribution is -2.59. The van der Waals surface area contributed by atoms with Crippen LogP contribution < -0.4 is 0 Å². The first-order chi connectivity index (χ1) is 9.35. The van der Waals surface area contributed by atoms with Crippen molar-refractivity contribution >= 4 is 12.0 Å². The van der Waals surface area contributed by atoms with Gasteiger partial charge in [-0.15, -0.1) is 0 Å². The molecular formula is C14H26N2O4. The van der Waals surface area contributed by atoms with Gasteiger partial charge in [0.15, 0.2) is 0 Å². The number of nitrogens with zero attached hydrogens (tertiary/aromatic N) is 2. The van der Waals surface area contributed by atoms with E-state index in [-0.39, 0.29) is 12.6 Å². The van der Waals surface area contributed by atoms with Crippen molar-refractivity contribution in [2.24, 2.45) is 5.41 Å². The number of hydrogen-bond acceptors (Lipinski definition) is 3. The quantitative estimate of drug-likeness (QED) is 0.800. The Balaban J connectivity index is 2.90. The van der Waals surface area contributed by atoms with Crippen LogP contribution in [0.2, 0.25) is 0 Å². The number of piperidine rings is 1. The van der Waals surface area contributed by atoms with Gasteiger partial charge < -0.3 is 20.0 Å². The topological polar surface area (TPSA) is 81.1 Å². The van der Waals surface area contributed by atoms with Gasteiger partial charge in [0.05, 0.1) is 0 Å². The van der Waals surface area contributed by atoms with Gasteiger partial charge in [-0.05, 0) is 31.6 Å². The lowest BCUT2D eigenvalue weighted by Gasteiger charge is -2.45. The van der Waals surface area contributed by atoms with Crippen LogP contribution in [0.1, 0.15) is 40.0 Å². The zero-order valence-corrected chi connectivity index (χ0v) is 12.6. The molecule has 0 aromatic heterocycles. The SMILES string of the molecule is CCN(CCCO)C(=O)N1CCCC(C)(C)C1C(=O)O. The van der Waals surface area contributed by atoms with Gasteiger partial charge in [-0.3, -0.25) is 0 Å². The van der Waals surface area contributed by atoms with E-state index >= 15 is 0 Å². The van der Waals surface area contributed by atoms with E-state index in [9.17, 15) is 14.7 Å². The molecule has 0 radical (unpaired) electrons. The Morgan fingerprint density at radius 1 is 1.40 bits per heavy atom. The number of likely N-dealkylation sites (tertiary alicyclic amines) is 1. The van der Waals surface area contributed by atoms with E-state index in [4.69, 9.17) is 5.11 Å². The van der Waals surface area contributed by atoms with Crippen molar-refractivity contribution in [1.29, 1.82) is 0 Å². The van der Waals surface area contributed by atoms with Crippen LogP contribution in [0.3, 0.4) is 0 Å². The molecule has 0 aliphatic carbocycles. The van der Waals surface area contributed by atoms with Gasteiger partial charge in [-0.1, -0.05) is 13.8 Å². The predicted molar refractivity (Wildman–Crippen MR) is 75.5 cm³/mol. The molecule has 1 rings (SSSR count). The Morgan fingerprint density at radius 2 is 2.05 bits per heavy atom. The van der Waals surface area contributed by atoms with Gasteiger partial charge in [0.1, 0.15) is 6.04 Å². The number of carboxylic acid groups (broad SMARTS) is 1. The van der Waals surface area contributed by atoms with Crippen LogP contribution in [0.5, 0.6) is 0 Å². The number of carbonyl (C=O) groups excluding carboxylic acids is 1. The molecule has 2 amide bonds. The second-order valence-corrected chi connectivity index (χ2v) is 5.97. The number of amides is 2. The van der Waals surface area contributed by atoms with Gasteiger partial charge in [-0.25, -0.2) is 9.59 Å². The van der Waals surface area contributed by atoms with E-state index in [1.54, 1.807) is 4.90 Å². The molecule has 20 heavy (non-hydrogen) atoms. The third kappa shape index (κ3) is 3.62. The van der Waals surface area contributed by atoms with Gasteiger partial charge >= 0.3 is 12.0 Å². The number of hydrogen-bond donors (Lipinski definition) is 2. The molecular weight excluding hydrogens is 260 g/mol. The van der Waals surface area contributed by atoms with E-state index < -0.39 is 17.4 Å². The van der Waals surface area contributed by atoms with E-state index in [1.807, 2.05) is 20.8 Å². The molecule has 1 atom stereocenters. The van der Waals surface area contributed by atoms with Crippen LogP contribution in [0.15, 0.2) is 0 Å². The molecule has 0 spiro atoms. The number of rotatable bonds is 5. The first-order valence-electron chi connectivity index (χ1n) is 7.24. The molecule has 1 aliphatic rings. The van der Waals surface area contributed by atoms with Crippen LogP contribution in [-0.4, -0.2) is 64.3 Å². The molecule has 1 fully saturated rings. The van der Waals surface area contributed by atoms with E-state index in [0.29, 0.717) is 26.1 Å². The number of urea groups is 1. The standard InChI is InChI=1S/C14H26N2O4/c1-4-15(8-6-10-17)13(20)16-9-5-7-14(2,3)11(16)12(18)19/h11,17H,4-10H2,1-3H3,(H,18,19). The zero-order chi connectivity index (χ0) is 15.3. The van der Waals surface area contributed by atoms with E-state index in [0.717, 1.165) is 12.8 Å². The monoisotopic (exact) mass is 286 g/mol. The van der Waals surface area contributed by atoms with Crippen molar-refractivity contribution in [3.05, 3.63) is 0 Å². The summed E-state index contributed by atoms with van der Waals surface area (Å²) in [7, 11) is 0. The van der Waals surface area contributed by atoms with E-state index in [2.05, 4.69) is 0 Å². The second kappa shape index (κ2) is 6.92. The normalized spacial score (nSPS) is 21.6. The first-order valence-corrected chi connectivity index (χ1v) is 7.24. The van der Waals surface area contributed by atoms with Crippen molar-refractivity contribution < 1.29 is 19.8 Å². The summed E-state index contributed by atoms with van der Waals surface area (Å²) in [5.41, 5.74) is -0.421. The highest BCUT2D eigenvalue weighted by atomic mass is 16.4. The van der Waals surface area contributed by atoms with Crippen molar-refractivity contribution in [1.82, 2.24) is 9.80 Å². The summed E-state index contributed by atoms with van der Waals surface area (Å²) in [6, 6.07) is -1.02. The number of aliphatic hydroxyl groups is 1. The molecule has 1 aliphatic heterocycles. The lowest BCUT2D eigenvalue weighted by atomic mass is 9.76. The van der Waals surface area contributed by atoms with Crippen LogP contribution in [0, 0.1) is 5.41 Å². The molecule has 116 valence electrons. The van der Waals surface area contributed by atoms with Gasteiger partial charge in [0.2, 0.25) is 0 Å². The van der Waals surface area contributed by atoms with Crippen molar-refractivity contribution in [2.75, 3.05) is 26.2 Å². The summed E-state index contributed by atoms with van der Waals surface area (Å²) in [5, 5.41) is 18.4. The van der Waals surface area contributed by atoms with Gasteiger partial charge in [0, 0.05) is 26.2 Å². The molecule has 1 saturated heterocycles. The lowest BCUT2D eigenvalue weighted by molar-refractivity contribution is -0.148. The molecule has 6 heteroatoms. The number of carboxylic acids is 1. The van der Waals surface area contributed by atoms with Gasteiger partial charge in [-0.2, -0.15) is 0 Å². The smallest absolute Gasteiger partial charge is 0.327 e. The maximum Gasteiger partial charge on any atom is 0.327 e. The maximum atomic E-state index is 12.5. The van der Waals surface area contributed by atoms with Crippen molar-refractivity contribution in [3.8, 4) is 0 Å². The van der Waals surface area contributed by atoms with Crippen molar-refractivity contribution in [3.63, 3.8) is 0 Å². The molecule has 6 nitrogen and oxygen atoms in total. The fourth-order valence-electron chi connectivity index (χ4n) is 2.90. The highest BCUT2D eigenvalue weighted by molar-refractivity contribution is 5.83. The molecule has 2 N–H and O–H groups in total.